The summed E-state index contributed by atoms with van der Waals surface area (Å²) in [5.41, 5.74) is 0.609. The lowest BCUT2D eigenvalue weighted by Gasteiger charge is -2.35. The van der Waals surface area contributed by atoms with Gasteiger partial charge in [-0.3, -0.25) is 4.79 Å². The highest BCUT2D eigenvalue weighted by Crippen LogP contribution is 2.25. The molecule has 0 unspecified atom stereocenters. The largest absolute Gasteiger partial charge is 0.439 e. The third-order valence-corrected chi connectivity index (χ3v) is 4.65. The van der Waals surface area contributed by atoms with E-state index in [0.717, 1.165) is 17.6 Å². The average molecular weight is 389 g/mol. The monoisotopic (exact) mass is 388 g/mol. The first kappa shape index (κ1) is 17.0. The average Bonchev–Trinajstić information content (AvgIpc) is 2.54. The summed E-state index contributed by atoms with van der Waals surface area (Å²) < 4.78 is 6.65. The maximum atomic E-state index is 12.6. The van der Waals surface area contributed by atoms with Crippen LogP contribution in [-0.2, 0) is 0 Å². The molecule has 0 saturated carbocycles. The first-order valence-corrected chi connectivity index (χ1v) is 8.99. The van der Waals surface area contributed by atoms with Crippen molar-refractivity contribution < 1.29 is 9.53 Å². The van der Waals surface area contributed by atoms with Gasteiger partial charge in [-0.15, -0.1) is 0 Å². The maximum absolute atomic E-state index is 12.6. The van der Waals surface area contributed by atoms with Crippen molar-refractivity contribution in [3.05, 3.63) is 52.6 Å². The molecule has 1 fully saturated rings. The molecule has 1 aromatic carbocycles. The maximum Gasteiger partial charge on any atom is 0.255 e. The highest BCUT2D eigenvalue weighted by molar-refractivity contribution is 9.10. The van der Waals surface area contributed by atoms with E-state index in [-0.39, 0.29) is 5.91 Å². The highest BCUT2D eigenvalue weighted by atomic mass is 79.9. The molecular formula is C19H21BrN2O2. The zero-order chi connectivity index (χ0) is 17.1. The second kappa shape index (κ2) is 7.34. The summed E-state index contributed by atoms with van der Waals surface area (Å²) >= 11 is 3.41. The Hall–Kier alpha value is -1.88. The molecule has 24 heavy (non-hydrogen) atoms. The second-order valence-corrected chi connectivity index (χ2v) is 7.52. The number of hydrogen-bond acceptors (Lipinski definition) is 3. The van der Waals surface area contributed by atoms with Crippen molar-refractivity contribution in [2.75, 3.05) is 13.1 Å². The van der Waals surface area contributed by atoms with Crippen LogP contribution >= 0.6 is 15.9 Å². The number of likely N-dealkylation sites (tertiary alicyclic amines) is 1. The number of carbonyl (C=O) groups is 1. The minimum Gasteiger partial charge on any atom is -0.439 e. The lowest BCUT2D eigenvalue weighted by molar-refractivity contribution is 0.0622. The molecule has 0 N–H and O–H groups in total. The Morgan fingerprint density at radius 3 is 2.58 bits per heavy atom. The van der Waals surface area contributed by atoms with E-state index in [1.165, 1.54) is 6.42 Å². The Labute approximate surface area is 151 Å². The quantitative estimate of drug-likeness (QED) is 0.761. The zero-order valence-corrected chi connectivity index (χ0v) is 15.5. The predicted molar refractivity (Wildman–Crippen MR) is 97.3 cm³/mol. The number of carbonyl (C=O) groups excluding carboxylic acids is 1. The highest BCUT2D eigenvalue weighted by Gasteiger charge is 2.26. The van der Waals surface area contributed by atoms with Crippen LogP contribution in [0.1, 0.15) is 30.6 Å². The van der Waals surface area contributed by atoms with Gasteiger partial charge in [-0.2, -0.15) is 0 Å². The van der Waals surface area contributed by atoms with Crippen molar-refractivity contribution in [1.29, 1.82) is 0 Å². The van der Waals surface area contributed by atoms with E-state index >= 15 is 0 Å². The van der Waals surface area contributed by atoms with Crippen LogP contribution in [0.25, 0.3) is 0 Å². The van der Waals surface area contributed by atoms with Gasteiger partial charge in [-0.25, -0.2) is 4.98 Å². The van der Waals surface area contributed by atoms with Gasteiger partial charge in [0, 0.05) is 29.8 Å². The number of piperidine rings is 1. The van der Waals surface area contributed by atoms with Crippen molar-refractivity contribution in [3.8, 4) is 11.6 Å². The van der Waals surface area contributed by atoms with Gasteiger partial charge in [-0.05, 0) is 42.5 Å². The van der Waals surface area contributed by atoms with Crippen molar-refractivity contribution in [2.24, 2.45) is 11.8 Å². The molecule has 2 atom stereocenters. The smallest absolute Gasteiger partial charge is 0.255 e. The van der Waals surface area contributed by atoms with Gasteiger partial charge in [0.2, 0.25) is 5.88 Å². The molecule has 1 aliphatic rings. The molecular weight excluding hydrogens is 368 g/mol. The number of pyridine rings is 1. The van der Waals surface area contributed by atoms with Crippen LogP contribution in [0.5, 0.6) is 11.6 Å². The minimum absolute atomic E-state index is 0.0508. The van der Waals surface area contributed by atoms with Gasteiger partial charge in [0.05, 0.1) is 5.56 Å². The first-order chi connectivity index (χ1) is 11.5. The van der Waals surface area contributed by atoms with Gasteiger partial charge in [0.1, 0.15) is 5.75 Å². The number of rotatable bonds is 3. The van der Waals surface area contributed by atoms with E-state index < -0.39 is 0 Å². The molecule has 3 rings (SSSR count). The number of ether oxygens (including phenoxy) is 1. The fourth-order valence-corrected chi connectivity index (χ4v) is 3.61. The van der Waals surface area contributed by atoms with E-state index in [1.54, 1.807) is 18.3 Å². The first-order valence-electron chi connectivity index (χ1n) is 8.20. The van der Waals surface area contributed by atoms with Gasteiger partial charge in [0.15, 0.2) is 0 Å². The fraction of sp³-hybridized carbons (Fsp3) is 0.368. The number of benzene rings is 1. The SMILES string of the molecule is C[C@@H]1C[C@@H](C)CN(C(=O)c2ccc(Oc3cccc(Br)c3)nc2)C1. The van der Waals surface area contributed by atoms with Crippen LogP contribution in [0.4, 0.5) is 0 Å². The molecule has 126 valence electrons. The van der Waals surface area contributed by atoms with Gasteiger partial charge >= 0.3 is 0 Å². The molecule has 1 amide bonds. The Morgan fingerprint density at radius 1 is 1.21 bits per heavy atom. The molecule has 2 heterocycles. The predicted octanol–water partition coefficient (Wildman–Crippen LogP) is 4.75. The van der Waals surface area contributed by atoms with Crippen LogP contribution in [0, 0.1) is 11.8 Å². The molecule has 1 aromatic heterocycles. The van der Waals surface area contributed by atoms with Crippen LogP contribution in [0.3, 0.4) is 0 Å². The molecule has 0 bridgehead atoms. The molecule has 1 aliphatic heterocycles. The summed E-state index contributed by atoms with van der Waals surface area (Å²) in [6, 6.07) is 11.1. The summed E-state index contributed by atoms with van der Waals surface area (Å²) in [6.07, 6.45) is 2.78. The molecule has 5 heteroatoms. The van der Waals surface area contributed by atoms with E-state index in [9.17, 15) is 4.79 Å². The van der Waals surface area contributed by atoms with Gasteiger partial charge in [0.25, 0.3) is 5.91 Å². The Kier molecular flexibility index (Phi) is 5.19. The number of aromatic nitrogens is 1. The summed E-state index contributed by atoms with van der Waals surface area (Å²) in [5.74, 6) is 2.32. The number of amides is 1. The minimum atomic E-state index is 0.0508. The standard InChI is InChI=1S/C19H21BrN2O2/c1-13-8-14(2)12-22(11-13)19(23)15-6-7-18(21-10-15)24-17-5-3-4-16(20)9-17/h3-7,9-10,13-14H,8,11-12H2,1-2H3/t13-,14-/m1/s1. The van der Waals surface area contributed by atoms with E-state index in [2.05, 4.69) is 34.8 Å². The fourth-order valence-electron chi connectivity index (χ4n) is 3.23. The third kappa shape index (κ3) is 4.15. The number of nitrogens with zero attached hydrogens (tertiary/aromatic N) is 2. The van der Waals surface area contributed by atoms with Gasteiger partial charge in [-0.1, -0.05) is 35.8 Å². The Balaban J connectivity index is 1.68. The van der Waals surface area contributed by atoms with E-state index in [0.29, 0.717) is 29.0 Å². The zero-order valence-electron chi connectivity index (χ0n) is 13.9. The van der Waals surface area contributed by atoms with Crippen molar-refractivity contribution in [2.45, 2.75) is 20.3 Å². The van der Waals surface area contributed by atoms with Crippen LogP contribution < -0.4 is 4.74 Å². The topological polar surface area (TPSA) is 42.4 Å². The molecule has 0 radical (unpaired) electrons. The van der Waals surface area contributed by atoms with Gasteiger partial charge < -0.3 is 9.64 Å². The molecule has 4 nitrogen and oxygen atoms in total. The summed E-state index contributed by atoms with van der Waals surface area (Å²) in [4.78, 5) is 18.9. The molecule has 1 saturated heterocycles. The van der Waals surface area contributed by atoms with Crippen LogP contribution in [0.2, 0.25) is 0 Å². The third-order valence-electron chi connectivity index (χ3n) is 4.16. The number of hydrogen-bond donors (Lipinski definition) is 0. The van der Waals surface area contributed by atoms with Crippen molar-refractivity contribution in [1.82, 2.24) is 9.88 Å². The molecule has 0 spiro atoms. The van der Waals surface area contributed by atoms with Crippen LogP contribution in [-0.4, -0.2) is 28.9 Å². The summed E-state index contributed by atoms with van der Waals surface area (Å²) in [7, 11) is 0. The molecule has 2 aromatic rings. The van der Waals surface area contributed by atoms with E-state index in [4.69, 9.17) is 4.74 Å². The molecule has 0 aliphatic carbocycles. The second-order valence-electron chi connectivity index (χ2n) is 6.60. The van der Waals surface area contributed by atoms with Crippen LogP contribution in [0.15, 0.2) is 47.1 Å². The Morgan fingerprint density at radius 2 is 1.96 bits per heavy atom. The Bertz CT molecular complexity index is 708. The lowest BCUT2D eigenvalue weighted by atomic mass is 9.91. The lowest BCUT2D eigenvalue weighted by Crippen LogP contribution is -2.42. The van der Waals surface area contributed by atoms with Crippen molar-refractivity contribution in [3.63, 3.8) is 0 Å². The number of halogens is 1. The summed E-state index contributed by atoms with van der Waals surface area (Å²) in [6.45, 7) is 6.03. The normalized spacial score (nSPS) is 20.7. The van der Waals surface area contributed by atoms with E-state index in [1.807, 2.05) is 29.2 Å². The van der Waals surface area contributed by atoms with Crippen molar-refractivity contribution >= 4 is 21.8 Å². The summed E-state index contributed by atoms with van der Waals surface area (Å²) in [5, 5.41) is 0.